The molecule has 1 amide bonds. The molecule has 3 rings (SSSR count). The highest BCUT2D eigenvalue weighted by atomic mass is 32.2. The second-order valence-corrected chi connectivity index (χ2v) is 7.82. The van der Waals surface area contributed by atoms with E-state index in [2.05, 4.69) is 4.72 Å². The zero-order chi connectivity index (χ0) is 18.1. The summed E-state index contributed by atoms with van der Waals surface area (Å²) in [5.74, 6) is -0.367. The third-order valence-corrected chi connectivity index (χ3v) is 5.56. The van der Waals surface area contributed by atoms with E-state index in [-0.39, 0.29) is 16.8 Å². The van der Waals surface area contributed by atoms with Crippen LogP contribution in [0.3, 0.4) is 0 Å². The first kappa shape index (κ1) is 17.7. The van der Waals surface area contributed by atoms with Crippen LogP contribution < -0.4 is 4.72 Å². The van der Waals surface area contributed by atoms with Crippen molar-refractivity contribution in [3.63, 3.8) is 0 Å². The number of amides is 1. The smallest absolute Gasteiger partial charge is 0.289 e. The van der Waals surface area contributed by atoms with Crippen molar-refractivity contribution in [1.29, 1.82) is 0 Å². The summed E-state index contributed by atoms with van der Waals surface area (Å²) in [4.78, 5) is 14.3. The van der Waals surface area contributed by atoms with Crippen molar-refractivity contribution in [2.45, 2.75) is 17.6 Å². The van der Waals surface area contributed by atoms with E-state index in [9.17, 15) is 13.2 Å². The fourth-order valence-corrected chi connectivity index (χ4v) is 3.49. The molecule has 1 aromatic heterocycles. The predicted octanol–water partition coefficient (Wildman–Crippen LogP) is 1.58. The normalized spacial score (nSPS) is 21.3. The lowest BCUT2D eigenvalue weighted by Gasteiger charge is -2.40. The first-order valence-electron chi connectivity index (χ1n) is 7.88. The quantitative estimate of drug-likeness (QED) is 0.890. The van der Waals surface area contributed by atoms with E-state index in [4.69, 9.17) is 9.15 Å². The highest BCUT2D eigenvalue weighted by Gasteiger charge is 2.36. The van der Waals surface area contributed by atoms with E-state index in [0.717, 1.165) is 5.56 Å². The Morgan fingerprint density at radius 1 is 1.20 bits per heavy atom. The van der Waals surface area contributed by atoms with Crippen molar-refractivity contribution in [2.24, 2.45) is 0 Å². The molecule has 0 radical (unpaired) electrons. The van der Waals surface area contributed by atoms with Crippen molar-refractivity contribution >= 4 is 15.9 Å². The monoisotopic (exact) mass is 364 g/mol. The Kier molecular flexibility index (Phi) is 4.68. The molecule has 1 atom stereocenters. The number of sulfonamides is 1. The molecular weight excluding hydrogens is 344 g/mol. The lowest BCUT2D eigenvalue weighted by Crippen LogP contribution is -2.50. The van der Waals surface area contributed by atoms with Gasteiger partial charge in [0.1, 0.15) is 5.60 Å². The summed E-state index contributed by atoms with van der Waals surface area (Å²) in [5, 5.41) is -0.280. The number of hydrogen-bond acceptors (Lipinski definition) is 5. The molecule has 7 nitrogen and oxygen atoms in total. The number of furan rings is 1. The maximum absolute atomic E-state index is 12.7. The number of rotatable bonds is 4. The Morgan fingerprint density at radius 2 is 1.92 bits per heavy atom. The minimum Gasteiger partial charge on any atom is -0.438 e. The third kappa shape index (κ3) is 3.46. The van der Waals surface area contributed by atoms with Crippen LogP contribution in [-0.2, 0) is 20.4 Å². The molecule has 0 aliphatic carbocycles. The molecule has 0 spiro atoms. The van der Waals surface area contributed by atoms with Crippen LogP contribution in [-0.4, -0.2) is 46.0 Å². The summed E-state index contributed by atoms with van der Waals surface area (Å²) in [7, 11) is -2.44. The number of nitrogens with zero attached hydrogens (tertiary/aromatic N) is 1. The van der Waals surface area contributed by atoms with E-state index in [0.29, 0.717) is 19.7 Å². The van der Waals surface area contributed by atoms with E-state index in [1.54, 1.807) is 4.90 Å². The molecular formula is C17H20N2O5S. The van der Waals surface area contributed by atoms with Crippen LogP contribution in [0.5, 0.6) is 0 Å². The number of benzene rings is 1. The summed E-state index contributed by atoms with van der Waals surface area (Å²) in [5.41, 5.74) is 0.354. The number of nitrogens with one attached hydrogen (secondary N) is 1. The zero-order valence-corrected chi connectivity index (χ0v) is 14.9. The molecule has 0 unspecified atom stereocenters. The molecule has 8 heteroatoms. The molecule has 1 N–H and O–H groups in total. The molecule has 2 aromatic rings. The van der Waals surface area contributed by atoms with E-state index < -0.39 is 15.6 Å². The Bertz CT molecular complexity index is 862. The maximum atomic E-state index is 12.7. The lowest BCUT2D eigenvalue weighted by atomic mass is 9.94. The van der Waals surface area contributed by atoms with Gasteiger partial charge in [0.05, 0.1) is 13.2 Å². The summed E-state index contributed by atoms with van der Waals surface area (Å²) >= 11 is 0. The average molecular weight is 364 g/mol. The van der Waals surface area contributed by atoms with Gasteiger partial charge in [-0.15, -0.1) is 0 Å². The largest absolute Gasteiger partial charge is 0.438 e. The first-order chi connectivity index (χ1) is 11.9. The predicted molar refractivity (Wildman–Crippen MR) is 90.6 cm³/mol. The van der Waals surface area contributed by atoms with Crippen LogP contribution in [0.2, 0.25) is 0 Å². The van der Waals surface area contributed by atoms with Crippen LogP contribution in [0.4, 0.5) is 0 Å². The highest BCUT2D eigenvalue weighted by molar-refractivity contribution is 7.89. The van der Waals surface area contributed by atoms with Crippen molar-refractivity contribution < 1.29 is 22.4 Å². The van der Waals surface area contributed by atoms with Gasteiger partial charge < -0.3 is 14.1 Å². The second-order valence-electron chi connectivity index (χ2n) is 6.00. The van der Waals surface area contributed by atoms with Crippen LogP contribution in [0.1, 0.15) is 23.0 Å². The van der Waals surface area contributed by atoms with Crippen LogP contribution in [0.15, 0.2) is 52.0 Å². The van der Waals surface area contributed by atoms with Crippen LogP contribution in [0, 0.1) is 0 Å². The van der Waals surface area contributed by atoms with Gasteiger partial charge in [0, 0.05) is 6.54 Å². The third-order valence-electron chi connectivity index (χ3n) is 4.27. The summed E-state index contributed by atoms with van der Waals surface area (Å²) in [6, 6.07) is 12.3. The molecule has 0 saturated carbocycles. The Balaban J connectivity index is 1.81. The summed E-state index contributed by atoms with van der Waals surface area (Å²) in [6.45, 7) is 3.08. The Hall–Kier alpha value is -2.16. The highest BCUT2D eigenvalue weighted by Crippen LogP contribution is 2.30. The van der Waals surface area contributed by atoms with Crippen LogP contribution in [0.25, 0.3) is 0 Å². The van der Waals surface area contributed by atoms with E-state index in [1.165, 1.54) is 19.2 Å². The van der Waals surface area contributed by atoms with Gasteiger partial charge in [0.2, 0.25) is 5.09 Å². The fourth-order valence-electron chi connectivity index (χ4n) is 2.84. The van der Waals surface area contributed by atoms with Crippen molar-refractivity contribution in [1.82, 2.24) is 9.62 Å². The molecule has 1 saturated heterocycles. The van der Waals surface area contributed by atoms with E-state index >= 15 is 0 Å². The second kappa shape index (κ2) is 6.62. The van der Waals surface area contributed by atoms with Gasteiger partial charge in [-0.2, -0.15) is 0 Å². The van der Waals surface area contributed by atoms with Gasteiger partial charge in [0.15, 0.2) is 5.76 Å². The molecule has 0 bridgehead atoms. The van der Waals surface area contributed by atoms with Gasteiger partial charge in [-0.3, -0.25) is 4.79 Å². The van der Waals surface area contributed by atoms with Gasteiger partial charge in [-0.1, -0.05) is 30.3 Å². The summed E-state index contributed by atoms with van der Waals surface area (Å²) < 4.78 is 36.8. The Morgan fingerprint density at radius 3 is 2.60 bits per heavy atom. The molecule has 1 aliphatic rings. The molecule has 134 valence electrons. The van der Waals surface area contributed by atoms with Crippen molar-refractivity contribution in [2.75, 3.05) is 26.7 Å². The minimum absolute atomic E-state index is 0.00821. The molecule has 1 aromatic carbocycles. The summed E-state index contributed by atoms with van der Waals surface area (Å²) in [6.07, 6.45) is 0. The molecule has 1 fully saturated rings. The SMILES string of the molecule is CNS(=O)(=O)c1ccc(C(=O)N2CCO[C@@](C)(c3ccccc3)C2)o1. The van der Waals surface area contributed by atoms with Crippen molar-refractivity contribution in [3.8, 4) is 0 Å². The number of ether oxygens (including phenoxy) is 1. The molecule has 25 heavy (non-hydrogen) atoms. The maximum Gasteiger partial charge on any atom is 0.289 e. The number of carbonyl (C=O) groups is 1. The van der Waals surface area contributed by atoms with Gasteiger partial charge in [-0.05, 0) is 31.7 Å². The fraction of sp³-hybridized carbons (Fsp3) is 0.353. The topological polar surface area (TPSA) is 88.9 Å². The first-order valence-corrected chi connectivity index (χ1v) is 9.36. The number of morpholine rings is 1. The van der Waals surface area contributed by atoms with Gasteiger partial charge in [0.25, 0.3) is 15.9 Å². The molecule has 1 aliphatic heterocycles. The van der Waals surface area contributed by atoms with Gasteiger partial charge in [-0.25, -0.2) is 13.1 Å². The number of hydrogen-bond donors (Lipinski definition) is 1. The van der Waals surface area contributed by atoms with E-state index in [1.807, 2.05) is 37.3 Å². The standard InChI is InChI=1S/C17H20N2O5S/c1-17(13-6-4-3-5-7-13)12-19(10-11-23-17)16(20)14-8-9-15(24-14)25(21,22)18-2/h3-9,18H,10-12H2,1-2H3/t17-/m1/s1. The number of carbonyl (C=O) groups excluding carboxylic acids is 1. The van der Waals surface area contributed by atoms with Crippen molar-refractivity contribution in [3.05, 3.63) is 53.8 Å². The average Bonchev–Trinajstić information content (AvgIpc) is 3.13. The Labute approximate surface area is 146 Å². The van der Waals surface area contributed by atoms with Crippen LogP contribution >= 0.6 is 0 Å². The zero-order valence-electron chi connectivity index (χ0n) is 14.1. The molecule has 2 heterocycles. The minimum atomic E-state index is -3.72. The van der Waals surface area contributed by atoms with Gasteiger partial charge >= 0.3 is 0 Å². The lowest BCUT2D eigenvalue weighted by molar-refractivity contribution is -0.0935.